The number of ether oxygens (including phenoxy) is 4. The molecule has 406 valence electrons. The van der Waals surface area contributed by atoms with Gasteiger partial charge < -0.3 is 45.6 Å². The molecule has 3 amide bonds. The number of hydrogen-bond donors (Lipinski definition) is 2. The van der Waals surface area contributed by atoms with E-state index in [2.05, 4.69) is 26.8 Å². The Morgan fingerprint density at radius 1 is 0.635 bits per heavy atom. The number of unbranched alkanes of at least 4 members (excludes halogenated alkanes) is 1. The molecule has 2 aliphatic carbocycles. The van der Waals surface area contributed by atoms with Crippen molar-refractivity contribution in [2.45, 2.75) is 222 Å². The number of piperidine rings is 2. The second kappa shape index (κ2) is 27.9. The van der Waals surface area contributed by atoms with Crippen LogP contribution in [-0.4, -0.2) is 132 Å². The molecule has 0 radical (unpaired) electrons. The van der Waals surface area contributed by atoms with Crippen molar-refractivity contribution in [3.8, 4) is 0 Å². The topological polar surface area (TPSA) is 197 Å². The Bertz CT molecular complexity index is 2090. The van der Waals surface area contributed by atoms with Crippen LogP contribution in [0.15, 0.2) is 48.5 Å². The Morgan fingerprint density at radius 3 is 1.54 bits per heavy atom. The zero-order valence-electron chi connectivity index (χ0n) is 45.7. The van der Waals surface area contributed by atoms with Crippen LogP contribution in [0.2, 0.25) is 0 Å². The second-order valence-corrected chi connectivity index (χ2v) is 23.6. The van der Waals surface area contributed by atoms with Gasteiger partial charge in [-0.05, 0) is 170 Å². The first-order valence-electron chi connectivity index (χ1n) is 28.2. The van der Waals surface area contributed by atoms with Crippen molar-refractivity contribution in [1.29, 1.82) is 0 Å². The maximum absolute atomic E-state index is 13.5. The molecule has 2 aromatic rings. The SMILES string of the molecule is CC1(C)OC[C@@H](C(=O)N(CCN2C3CCC2CC(c2cccc(C(N)=O)c2)C3)CC2CCCCC2)O1.CC1(C)OC[C@@H]([C-]=O)O1.NC(=O)c1cccc(C2CC3CCC(C2)N3CCCCC2CCCCC2)c1.[Li+].[OH-]. The summed E-state index contributed by atoms with van der Waals surface area (Å²) < 4.78 is 21.8. The van der Waals surface area contributed by atoms with E-state index in [0.29, 0.717) is 54.2 Å². The number of rotatable bonds is 16. The smallest absolute Gasteiger partial charge is 0.870 e. The van der Waals surface area contributed by atoms with Gasteiger partial charge >= 0.3 is 18.9 Å². The van der Waals surface area contributed by atoms with Crippen molar-refractivity contribution in [2.24, 2.45) is 23.3 Å². The number of primary amides is 2. The molecule has 10 rings (SSSR count). The van der Waals surface area contributed by atoms with Crippen LogP contribution >= 0.6 is 0 Å². The van der Waals surface area contributed by atoms with Crippen LogP contribution in [0.5, 0.6) is 0 Å². The molecule has 5 N–H and O–H groups in total. The van der Waals surface area contributed by atoms with Crippen LogP contribution in [0, 0.1) is 11.8 Å². The number of benzene rings is 2. The van der Waals surface area contributed by atoms with Crippen molar-refractivity contribution < 1.29 is 62.5 Å². The molecule has 74 heavy (non-hydrogen) atoms. The number of fused-ring (bicyclic) bond motifs is 4. The molecule has 4 bridgehead atoms. The first-order valence-corrected chi connectivity index (χ1v) is 28.2. The Morgan fingerprint density at radius 2 is 1.11 bits per heavy atom. The number of nitrogens with zero attached hydrogens (tertiary/aromatic N) is 3. The van der Waals surface area contributed by atoms with Gasteiger partial charge in [0, 0.05) is 54.9 Å². The van der Waals surface area contributed by atoms with Crippen LogP contribution in [0.1, 0.15) is 206 Å². The maximum Gasteiger partial charge on any atom is 1.00 e. The molecule has 2 aromatic carbocycles. The van der Waals surface area contributed by atoms with Gasteiger partial charge in [0.1, 0.15) is 0 Å². The van der Waals surface area contributed by atoms with Crippen molar-refractivity contribution >= 4 is 24.0 Å². The fourth-order valence-electron chi connectivity index (χ4n) is 13.9. The number of carbonyl (C=O) groups is 3. The van der Waals surface area contributed by atoms with Gasteiger partial charge in [-0.2, -0.15) is 0 Å². The van der Waals surface area contributed by atoms with E-state index >= 15 is 0 Å². The first-order chi connectivity index (χ1) is 34.6. The summed E-state index contributed by atoms with van der Waals surface area (Å²) in [7, 11) is 0. The van der Waals surface area contributed by atoms with E-state index in [0.717, 1.165) is 50.5 Å². The summed E-state index contributed by atoms with van der Waals surface area (Å²) >= 11 is 0. The zero-order chi connectivity index (χ0) is 50.8. The van der Waals surface area contributed by atoms with E-state index in [4.69, 9.17) is 30.4 Å². The minimum Gasteiger partial charge on any atom is -0.870 e. The van der Waals surface area contributed by atoms with Gasteiger partial charge in [0.05, 0.1) is 13.2 Å². The average molecular weight is 1020 g/mol. The summed E-state index contributed by atoms with van der Waals surface area (Å²) in [5.41, 5.74) is 14.8. The van der Waals surface area contributed by atoms with Gasteiger partial charge in [0.2, 0.25) is 11.8 Å². The molecule has 2 saturated carbocycles. The van der Waals surface area contributed by atoms with Gasteiger partial charge in [0.25, 0.3) is 5.91 Å². The van der Waals surface area contributed by atoms with E-state index in [1.54, 1.807) is 26.2 Å². The molecule has 6 saturated heterocycles. The monoisotopic (exact) mass is 1020 g/mol. The number of amides is 3. The number of hydrogen-bond acceptors (Lipinski definition) is 11. The summed E-state index contributed by atoms with van der Waals surface area (Å²) in [5, 5.41) is 0. The van der Waals surface area contributed by atoms with Gasteiger partial charge in [-0.3, -0.25) is 24.2 Å². The van der Waals surface area contributed by atoms with E-state index in [-0.39, 0.29) is 42.1 Å². The van der Waals surface area contributed by atoms with E-state index in [1.807, 2.05) is 44.2 Å². The quantitative estimate of drug-likeness (QED) is 0.108. The molecule has 8 fully saturated rings. The minimum atomic E-state index is -0.691. The summed E-state index contributed by atoms with van der Waals surface area (Å²) in [6.45, 7) is 11.8. The van der Waals surface area contributed by atoms with Crippen molar-refractivity contribution in [1.82, 2.24) is 14.7 Å². The summed E-state index contributed by atoms with van der Waals surface area (Å²) in [5.74, 6) is 0.819. The molecule has 6 heterocycles. The molecule has 8 aliphatic rings. The molecule has 0 spiro atoms. The molecule has 0 aromatic heterocycles. The molecular weight excluding hydrogens is 930 g/mol. The van der Waals surface area contributed by atoms with Crippen molar-refractivity contribution in [3.05, 3.63) is 70.8 Å². The van der Waals surface area contributed by atoms with Gasteiger partial charge in [-0.15, -0.1) is 0 Å². The number of nitrogens with two attached hydrogens (primary N) is 2. The van der Waals surface area contributed by atoms with Crippen molar-refractivity contribution in [2.75, 3.05) is 39.4 Å². The van der Waals surface area contributed by atoms with Gasteiger partial charge in [-0.25, -0.2) is 6.29 Å². The third-order valence-electron chi connectivity index (χ3n) is 17.6. The molecule has 6 atom stereocenters. The van der Waals surface area contributed by atoms with Crippen LogP contribution in [0.4, 0.5) is 0 Å². The Balaban J connectivity index is 0.000000206. The van der Waals surface area contributed by atoms with Crippen LogP contribution in [0.25, 0.3) is 0 Å². The van der Waals surface area contributed by atoms with E-state index in [1.165, 1.54) is 140 Å². The molecule has 6 aliphatic heterocycles. The molecule has 14 nitrogen and oxygen atoms in total. The van der Waals surface area contributed by atoms with E-state index in [9.17, 15) is 19.2 Å². The Hall–Kier alpha value is -3.16. The standard InChI is InChI=1S/C29H43N3O4.C24H36N2O.C6H9O3.Li.H2O/c1-29(2)35-19-26(36-29)28(34)31(18-20-7-4-3-5-8-20)13-14-32-24-11-12-25(32)17-23(16-24)21-9-6-10-22(15-21)27(30)33;25-24(27)20-11-6-10-19(15-20)21-16-22-12-13-23(17-21)26(22)14-5-4-9-18-7-2-1-3-8-18;1-6(2)8-4-5(3-7)9-6;;/h6,9-10,15,20,23-26H,3-5,7-8,11-14,16-19H2,1-2H3,(H2,30,33);6,10-11,15,18,21-23H,1-5,7-9,12-14,16-17H2,(H2,25,27);5H,4H2,1-2H3;;1H2/q;;-1;+1;/p-1/t23?,24?,25?,26-;;5-;;/m0.1../s1. The third kappa shape index (κ3) is 16.4. The molecular formula is C59H89LiN5O9-. The van der Waals surface area contributed by atoms with Gasteiger partial charge in [-0.1, -0.05) is 88.5 Å². The number of carbonyl (C=O) groups excluding carboxylic acids is 4. The summed E-state index contributed by atoms with van der Waals surface area (Å²) in [4.78, 5) is 54.3. The van der Waals surface area contributed by atoms with Crippen LogP contribution in [0.3, 0.4) is 0 Å². The fraction of sp³-hybridized carbons (Fsp3) is 0.729. The normalized spacial score (nSPS) is 29.4. The van der Waals surface area contributed by atoms with Gasteiger partial charge in [0.15, 0.2) is 17.7 Å². The Labute approximate surface area is 454 Å². The largest absolute Gasteiger partial charge is 1.00 e. The van der Waals surface area contributed by atoms with Crippen LogP contribution < -0.4 is 30.3 Å². The molecule has 4 unspecified atom stereocenters. The van der Waals surface area contributed by atoms with Crippen molar-refractivity contribution in [3.63, 3.8) is 0 Å². The third-order valence-corrected chi connectivity index (χ3v) is 17.6. The molecule has 15 heteroatoms. The zero-order valence-corrected chi connectivity index (χ0v) is 45.7. The maximum atomic E-state index is 13.5. The van der Waals surface area contributed by atoms with E-state index < -0.39 is 23.8 Å². The first kappa shape index (κ1) is 60.1. The minimum absolute atomic E-state index is 0. The van der Waals surface area contributed by atoms with Crippen LogP contribution in [-0.2, 0) is 28.5 Å². The second-order valence-electron chi connectivity index (χ2n) is 23.6. The predicted octanol–water partition coefficient (Wildman–Crippen LogP) is 6.38. The summed E-state index contributed by atoms with van der Waals surface area (Å²) in [6.07, 6.45) is 28.5. The summed E-state index contributed by atoms with van der Waals surface area (Å²) in [6, 6.07) is 18.5. The Kier molecular flexibility index (Phi) is 22.7. The fourth-order valence-corrected chi connectivity index (χ4v) is 13.9. The average Bonchev–Trinajstić information content (AvgIpc) is 4.08. The predicted molar refractivity (Wildman–Crippen MR) is 282 cm³/mol.